The highest BCUT2D eigenvalue weighted by molar-refractivity contribution is 5.21. The van der Waals surface area contributed by atoms with Crippen molar-refractivity contribution in [2.45, 2.75) is 38.3 Å². The molecule has 3 heteroatoms. The zero-order valence-corrected chi connectivity index (χ0v) is 10.2. The lowest BCUT2D eigenvalue weighted by Crippen LogP contribution is -2.30. The van der Waals surface area contributed by atoms with Gasteiger partial charge in [-0.25, -0.2) is 4.39 Å². The fourth-order valence-electron chi connectivity index (χ4n) is 1.89. The first-order chi connectivity index (χ1) is 8.22. The van der Waals surface area contributed by atoms with Crippen LogP contribution in [0, 0.1) is 11.7 Å². The smallest absolute Gasteiger partial charge is 0.129 e. The van der Waals surface area contributed by atoms with Crippen LogP contribution in [0.5, 0.6) is 0 Å². The number of nitrogens with two attached hydrogens (primary N) is 1. The highest BCUT2D eigenvalue weighted by Gasteiger charge is 2.27. The first kappa shape index (κ1) is 12.5. The third-order valence-electron chi connectivity index (χ3n) is 3.28. The van der Waals surface area contributed by atoms with Crippen LogP contribution in [-0.4, -0.2) is 12.6 Å². The summed E-state index contributed by atoms with van der Waals surface area (Å²) in [5, 5.41) is 0. The Morgan fingerprint density at radius 2 is 2.12 bits per heavy atom. The van der Waals surface area contributed by atoms with E-state index in [-0.39, 0.29) is 18.0 Å². The van der Waals surface area contributed by atoms with Gasteiger partial charge in [0.15, 0.2) is 0 Å². The minimum Gasteiger partial charge on any atom is -0.372 e. The van der Waals surface area contributed by atoms with E-state index in [1.54, 1.807) is 12.1 Å². The molecule has 1 saturated carbocycles. The summed E-state index contributed by atoms with van der Waals surface area (Å²) in [6, 6.07) is 6.60. The van der Waals surface area contributed by atoms with Crippen LogP contribution in [0.1, 0.15) is 37.9 Å². The fraction of sp³-hybridized carbons (Fsp3) is 0.571. The summed E-state index contributed by atoms with van der Waals surface area (Å²) in [6.45, 7) is 2.70. The van der Waals surface area contributed by atoms with Crippen LogP contribution >= 0.6 is 0 Å². The molecule has 1 aliphatic carbocycles. The van der Waals surface area contributed by atoms with Gasteiger partial charge in [-0.1, -0.05) is 25.1 Å². The number of halogens is 1. The van der Waals surface area contributed by atoms with Gasteiger partial charge in [-0.15, -0.1) is 0 Å². The van der Waals surface area contributed by atoms with Crippen molar-refractivity contribution >= 4 is 0 Å². The standard InChI is InChI=1S/C14H20FNO/c1-2-13(16)14(17-9-10-7-8-10)11-5-3-4-6-12(11)15/h3-6,10,13-14H,2,7-9,16H2,1H3. The van der Waals surface area contributed by atoms with E-state index in [9.17, 15) is 4.39 Å². The SMILES string of the molecule is CCC(N)C(OCC1CC1)c1ccccc1F. The summed E-state index contributed by atoms with van der Waals surface area (Å²) < 4.78 is 19.6. The molecular formula is C14H20FNO. The van der Waals surface area contributed by atoms with Crippen molar-refractivity contribution in [3.63, 3.8) is 0 Å². The minimum atomic E-state index is -0.318. The Labute approximate surface area is 102 Å². The first-order valence-electron chi connectivity index (χ1n) is 6.34. The van der Waals surface area contributed by atoms with Gasteiger partial charge in [0, 0.05) is 11.6 Å². The maximum absolute atomic E-state index is 13.7. The number of benzene rings is 1. The summed E-state index contributed by atoms with van der Waals surface area (Å²) in [5.41, 5.74) is 6.62. The lowest BCUT2D eigenvalue weighted by molar-refractivity contribution is 0.0246. The second-order valence-electron chi connectivity index (χ2n) is 4.79. The largest absolute Gasteiger partial charge is 0.372 e. The molecule has 2 nitrogen and oxygen atoms in total. The molecule has 0 spiro atoms. The molecule has 1 aromatic carbocycles. The van der Waals surface area contributed by atoms with Gasteiger partial charge >= 0.3 is 0 Å². The molecule has 1 fully saturated rings. The van der Waals surface area contributed by atoms with Crippen LogP contribution in [0.15, 0.2) is 24.3 Å². The average Bonchev–Trinajstić information content (AvgIpc) is 3.15. The lowest BCUT2D eigenvalue weighted by Gasteiger charge is -2.24. The molecule has 17 heavy (non-hydrogen) atoms. The minimum absolute atomic E-state index is 0.148. The predicted octanol–water partition coefficient (Wildman–Crippen LogP) is 3.03. The third-order valence-corrected chi connectivity index (χ3v) is 3.28. The van der Waals surface area contributed by atoms with Gasteiger partial charge in [0.1, 0.15) is 11.9 Å². The van der Waals surface area contributed by atoms with E-state index in [1.807, 2.05) is 13.0 Å². The molecule has 0 heterocycles. The summed E-state index contributed by atoms with van der Waals surface area (Å²) >= 11 is 0. The normalized spacial score (nSPS) is 19.0. The molecule has 0 amide bonds. The maximum Gasteiger partial charge on any atom is 0.129 e. The maximum atomic E-state index is 13.7. The summed E-state index contributed by atoms with van der Waals surface area (Å²) in [5.74, 6) is 0.436. The molecule has 1 aromatic rings. The van der Waals surface area contributed by atoms with Gasteiger partial charge < -0.3 is 10.5 Å². The zero-order valence-electron chi connectivity index (χ0n) is 10.2. The Balaban J connectivity index is 2.10. The first-order valence-corrected chi connectivity index (χ1v) is 6.34. The Kier molecular flexibility index (Phi) is 4.13. The van der Waals surface area contributed by atoms with Gasteiger partial charge in [0.2, 0.25) is 0 Å². The van der Waals surface area contributed by atoms with Crippen LogP contribution in [0.3, 0.4) is 0 Å². The van der Waals surface area contributed by atoms with Crippen molar-refractivity contribution in [2.24, 2.45) is 11.7 Å². The van der Waals surface area contributed by atoms with Crippen LogP contribution in [0.25, 0.3) is 0 Å². The number of ether oxygens (including phenoxy) is 1. The van der Waals surface area contributed by atoms with Crippen molar-refractivity contribution in [3.8, 4) is 0 Å². The van der Waals surface area contributed by atoms with Crippen molar-refractivity contribution in [1.82, 2.24) is 0 Å². The second-order valence-corrected chi connectivity index (χ2v) is 4.79. The van der Waals surface area contributed by atoms with Crippen LogP contribution in [0.4, 0.5) is 4.39 Å². The van der Waals surface area contributed by atoms with E-state index in [0.717, 1.165) is 6.42 Å². The van der Waals surface area contributed by atoms with Crippen LogP contribution < -0.4 is 5.73 Å². The molecular weight excluding hydrogens is 217 g/mol. The number of hydrogen-bond acceptors (Lipinski definition) is 2. The average molecular weight is 237 g/mol. The van der Waals surface area contributed by atoms with Gasteiger partial charge in [0.05, 0.1) is 6.61 Å². The van der Waals surface area contributed by atoms with Gasteiger partial charge in [0.25, 0.3) is 0 Å². The molecule has 0 aromatic heterocycles. The predicted molar refractivity (Wildman–Crippen MR) is 66.1 cm³/mol. The monoisotopic (exact) mass is 237 g/mol. The molecule has 2 atom stereocenters. The van der Waals surface area contributed by atoms with E-state index >= 15 is 0 Å². The van der Waals surface area contributed by atoms with Crippen molar-refractivity contribution in [1.29, 1.82) is 0 Å². The lowest BCUT2D eigenvalue weighted by atomic mass is 10.0. The molecule has 0 bridgehead atoms. The van der Waals surface area contributed by atoms with E-state index in [2.05, 4.69) is 0 Å². The van der Waals surface area contributed by atoms with Crippen LogP contribution in [0.2, 0.25) is 0 Å². The molecule has 2 rings (SSSR count). The van der Waals surface area contributed by atoms with Gasteiger partial charge in [-0.05, 0) is 31.2 Å². The van der Waals surface area contributed by atoms with E-state index < -0.39 is 0 Å². The van der Waals surface area contributed by atoms with Crippen molar-refractivity contribution in [3.05, 3.63) is 35.6 Å². The molecule has 0 saturated heterocycles. The fourth-order valence-corrected chi connectivity index (χ4v) is 1.89. The highest BCUT2D eigenvalue weighted by Crippen LogP contribution is 2.32. The quantitative estimate of drug-likeness (QED) is 0.825. The Bertz CT molecular complexity index is 365. The molecule has 1 aliphatic rings. The van der Waals surface area contributed by atoms with Gasteiger partial charge in [-0.2, -0.15) is 0 Å². The van der Waals surface area contributed by atoms with Crippen molar-refractivity contribution in [2.75, 3.05) is 6.61 Å². The molecule has 0 aliphatic heterocycles. The van der Waals surface area contributed by atoms with E-state index in [1.165, 1.54) is 18.9 Å². The van der Waals surface area contributed by atoms with Crippen LogP contribution in [-0.2, 0) is 4.74 Å². The number of rotatable bonds is 6. The van der Waals surface area contributed by atoms with E-state index in [4.69, 9.17) is 10.5 Å². The third kappa shape index (κ3) is 3.27. The highest BCUT2D eigenvalue weighted by atomic mass is 19.1. The summed E-state index contributed by atoms with van der Waals surface area (Å²) in [6.07, 6.45) is 2.92. The molecule has 0 radical (unpaired) electrons. The summed E-state index contributed by atoms with van der Waals surface area (Å²) in [4.78, 5) is 0. The van der Waals surface area contributed by atoms with Gasteiger partial charge in [-0.3, -0.25) is 0 Å². The molecule has 2 N–H and O–H groups in total. The molecule has 94 valence electrons. The zero-order chi connectivity index (χ0) is 12.3. The topological polar surface area (TPSA) is 35.2 Å². The number of hydrogen-bond donors (Lipinski definition) is 1. The second kappa shape index (κ2) is 5.61. The van der Waals surface area contributed by atoms with Crippen molar-refractivity contribution < 1.29 is 9.13 Å². The van der Waals surface area contributed by atoms with E-state index in [0.29, 0.717) is 18.1 Å². The summed E-state index contributed by atoms with van der Waals surface area (Å²) in [7, 11) is 0. The Morgan fingerprint density at radius 3 is 2.71 bits per heavy atom. The molecule has 2 unspecified atom stereocenters. The Morgan fingerprint density at radius 1 is 1.41 bits per heavy atom. The Hall–Kier alpha value is -0.930.